The zero-order chi connectivity index (χ0) is 11.1. The lowest BCUT2D eigenvalue weighted by Gasteiger charge is -2.24. The summed E-state index contributed by atoms with van der Waals surface area (Å²) in [6.45, 7) is 1.90. The fraction of sp³-hybridized carbons (Fsp3) is 0.385. The highest BCUT2D eigenvalue weighted by Crippen LogP contribution is 2.42. The Labute approximate surface area is 99.1 Å². The lowest BCUT2D eigenvalue weighted by molar-refractivity contribution is 0.159. The Hall–Kier alpha value is -0.930. The van der Waals surface area contributed by atoms with Gasteiger partial charge in [-0.25, -0.2) is 0 Å². The molecule has 0 aliphatic carbocycles. The SMILES string of the molecule is CC(O)C1CCSc2[nH]c3ccccc3c21. The summed E-state index contributed by atoms with van der Waals surface area (Å²) in [5.41, 5.74) is 2.51. The third-order valence-corrected chi connectivity index (χ3v) is 4.39. The van der Waals surface area contributed by atoms with Crippen LogP contribution in [0.5, 0.6) is 0 Å². The summed E-state index contributed by atoms with van der Waals surface area (Å²) in [5.74, 6) is 1.38. The van der Waals surface area contributed by atoms with Gasteiger partial charge in [0.1, 0.15) is 0 Å². The summed E-state index contributed by atoms with van der Waals surface area (Å²) in [6, 6.07) is 8.36. The Kier molecular flexibility index (Phi) is 2.45. The zero-order valence-corrected chi connectivity index (χ0v) is 10.1. The monoisotopic (exact) mass is 233 g/mol. The second-order valence-electron chi connectivity index (χ2n) is 4.40. The predicted molar refractivity (Wildman–Crippen MR) is 68.1 cm³/mol. The number of nitrogens with one attached hydrogen (secondary N) is 1. The molecule has 2 heterocycles. The number of benzene rings is 1. The van der Waals surface area contributed by atoms with Crippen molar-refractivity contribution in [2.45, 2.75) is 30.4 Å². The van der Waals surface area contributed by atoms with Crippen molar-refractivity contribution in [1.29, 1.82) is 0 Å². The second-order valence-corrected chi connectivity index (χ2v) is 5.50. The molecular formula is C13H15NOS. The van der Waals surface area contributed by atoms with Crippen molar-refractivity contribution in [2.75, 3.05) is 5.75 Å². The molecule has 2 N–H and O–H groups in total. The van der Waals surface area contributed by atoms with E-state index >= 15 is 0 Å². The van der Waals surface area contributed by atoms with E-state index in [0.717, 1.165) is 12.2 Å². The number of aromatic amines is 1. The van der Waals surface area contributed by atoms with Crippen LogP contribution < -0.4 is 0 Å². The van der Waals surface area contributed by atoms with E-state index in [9.17, 15) is 5.11 Å². The van der Waals surface area contributed by atoms with Crippen LogP contribution in [0.1, 0.15) is 24.8 Å². The van der Waals surface area contributed by atoms with Crippen LogP contribution in [-0.4, -0.2) is 21.9 Å². The fourth-order valence-corrected chi connectivity index (χ4v) is 3.71. The van der Waals surface area contributed by atoms with Crippen molar-refractivity contribution in [3.63, 3.8) is 0 Å². The summed E-state index contributed by atoms with van der Waals surface area (Å²) in [7, 11) is 0. The predicted octanol–water partition coefficient (Wildman–Crippen LogP) is 3.13. The van der Waals surface area contributed by atoms with Crippen LogP contribution in [0.4, 0.5) is 0 Å². The topological polar surface area (TPSA) is 36.0 Å². The summed E-state index contributed by atoms with van der Waals surface area (Å²) < 4.78 is 0. The molecule has 3 rings (SSSR count). The maximum atomic E-state index is 9.88. The van der Waals surface area contributed by atoms with Gasteiger partial charge in [-0.15, -0.1) is 11.8 Å². The lowest BCUT2D eigenvalue weighted by Crippen LogP contribution is -2.18. The Bertz CT molecular complexity index is 518. The van der Waals surface area contributed by atoms with Crippen molar-refractivity contribution in [3.05, 3.63) is 29.8 Å². The maximum Gasteiger partial charge on any atom is 0.0768 e. The van der Waals surface area contributed by atoms with E-state index in [2.05, 4.69) is 23.2 Å². The van der Waals surface area contributed by atoms with E-state index in [1.54, 1.807) is 0 Å². The lowest BCUT2D eigenvalue weighted by atomic mass is 9.91. The standard InChI is InChI=1S/C13H15NOS/c1-8(15)9-6-7-16-13-12(9)10-4-2-3-5-11(10)14-13/h2-5,8-9,14-15H,6-7H2,1H3. The van der Waals surface area contributed by atoms with E-state index in [1.807, 2.05) is 24.8 Å². The first kappa shape index (κ1) is 10.2. The minimum absolute atomic E-state index is 0.265. The second kappa shape index (κ2) is 3.82. The van der Waals surface area contributed by atoms with Gasteiger partial charge in [0.2, 0.25) is 0 Å². The summed E-state index contributed by atoms with van der Waals surface area (Å²) in [4.78, 5) is 3.45. The molecule has 1 aromatic carbocycles. The normalized spacial score (nSPS) is 22.0. The van der Waals surface area contributed by atoms with Gasteiger partial charge in [-0.2, -0.15) is 0 Å². The van der Waals surface area contributed by atoms with Crippen molar-refractivity contribution >= 4 is 22.7 Å². The highest BCUT2D eigenvalue weighted by atomic mass is 32.2. The van der Waals surface area contributed by atoms with Crippen molar-refractivity contribution < 1.29 is 5.11 Å². The molecule has 16 heavy (non-hydrogen) atoms. The average Bonchev–Trinajstić information content (AvgIpc) is 2.66. The van der Waals surface area contributed by atoms with Gasteiger partial charge in [-0.1, -0.05) is 18.2 Å². The molecule has 3 heteroatoms. The van der Waals surface area contributed by atoms with Crippen LogP contribution in [0.2, 0.25) is 0 Å². The molecule has 2 aromatic rings. The summed E-state index contributed by atoms with van der Waals surface area (Å²) in [5, 5.41) is 12.4. The quantitative estimate of drug-likeness (QED) is 0.794. The van der Waals surface area contributed by atoms with Gasteiger partial charge in [-0.3, -0.25) is 0 Å². The number of H-pyrrole nitrogens is 1. The molecule has 0 saturated carbocycles. The van der Waals surface area contributed by atoms with E-state index in [0.29, 0.717) is 0 Å². The highest BCUT2D eigenvalue weighted by Gasteiger charge is 2.28. The maximum absolute atomic E-state index is 9.88. The van der Waals surface area contributed by atoms with Crippen molar-refractivity contribution in [2.24, 2.45) is 0 Å². The molecule has 0 spiro atoms. The molecule has 1 aliphatic heterocycles. The van der Waals surface area contributed by atoms with Gasteiger partial charge >= 0.3 is 0 Å². The number of fused-ring (bicyclic) bond motifs is 3. The Morgan fingerprint density at radius 1 is 1.44 bits per heavy atom. The number of thioether (sulfide) groups is 1. The van der Waals surface area contributed by atoms with Gasteiger partial charge in [0.15, 0.2) is 0 Å². The first-order valence-corrected chi connectivity index (χ1v) is 6.67. The third-order valence-electron chi connectivity index (χ3n) is 3.34. The molecule has 2 unspecified atom stereocenters. The number of hydrogen-bond donors (Lipinski definition) is 2. The molecule has 0 saturated heterocycles. The molecule has 0 amide bonds. The first-order valence-electron chi connectivity index (χ1n) is 5.69. The van der Waals surface area contributed by atoms with Crippen LogP contribution in [0.15, 0.2) is 29.3 Å². The molecule has 0 fully saturated rings. The molecule has 2 atom stereocenters. The molecule has 0 radical (unpaired) electrons. The van der Waals surface area contributed by atoms with E-state index < -0.39 is 0 Å². The third kappa shape index (κ3) is 1.46. The van der Waals surface area contributed by atoms with Gasteiger partial charge in [-0.05, 0) is 25.0 Å². The molecule has 2 nitrogen and oxygen atoms in total. The van der Waals surface area contributed by atoms with Crippen LogP contribution in [-0.2, 0) is 0 Å². The largest absolute Gasteiger partial charge is 0.393 e. The smallest absolute Gasteiger partial charge is 0.0768 e. The Balaban J connectivity index is 2.24. The number of aliphatic hydroxyl groups excluding tert-OH is 1. The molecule has 0 bridgehead atoms. The number of aromatic nitrogens is 1. The number of aliphatic hydroxyl groups is 1. The van der Waals surface area contributed by atoms with Crippen LogP contribution in [0.3, 0.4) is 0 Å². The number of para-hydroxylation sites is 1. The van der Waals surface area contributed by atoms with E-state index in [-0.39, 0.29) is 12.0 Å². The average molecular weight is 233 g/mol. The number of rotatable bonds is 1. The number of hydrogen-bond acceptors (Lipinski definition) is 2. The van der Waals surface area contributed by atoms with E-state index in [1.165, 1.54) is 21.5 Å². The molecular weight excluding hydrogens is 218 g/mol. The zero-order valence-electron chi connectivity index (χ0n) is 9.23. The Morgan fingerprint density at radius 3 is 3.06 bits per heavy atom. The van der Waals surface area contributed by atoms with Gasteiger partial charge in [0.25, 0.3) is 0 Å². The summed E-state index contributed by atoms with van der Waals surface area (Å²) in [6.07, 6.45) is 0.802. The van der Waals surface area contributed by atoms with Gasteiger partial charge < -0.3 is 10.1 Å². The van der Waals surface area contributed by atoms with Gasteiger partial charge in [0, 0.05) is 22.6 Å². The molecule has 1 aliphatic rings. The van der Waals surface area contributed by atoms with Gasteiger partial charge in [0.05, 0.1) is 11.1 Å². The molecule has 1 aromatic heterocycles. The first-order chi connectivity index (χ1) is 7.77. The Morgan fingerprint density at radius 2 is 2.25 bits per heavy atom. The van der Waals surface area contributed by atoms with Crippen molar-refractivity contribution in [1.82, 2.24) is 4.98 Å². The van der Waals surface area contributed by atoms with Crippen LogP contribution >= 0.6 is 11.8 Å². The fourth-order valence-electron chi connectivity index (χ4n) is 2.54. The summed E-state index contributed by atoms with van der Waals surface area (Å²) >= 11 is 1.87. The minimum atomic E-state index is -0.265. The van der Waals surface area contributed by atoms with E-state index in [4.69, 9.17) is 0 Å². The minimum Gasteiger partial charge on any atom is -0.393 e. The van der Waals surface area contributed by atoms with Crippen LogP contribution in [0.25, 0.3) is 10.9 Å². The highest BCUT2D eigenvalue weighted by molar-refractivity contribution is 7.99. The van der Waals surface area contributed by atoms with Crippen LogP contribution in [0, 0.1) is 0 Å². The molecule has 84 valence electrons. The van der Waals surface area contributed by atoms with Crippen molar-refractivity contribution in [3.8, 4) is 0 Å².